The Morgan fingerprint density at radius 2 is 2.18 bits per heavy atom. The summed E-state index contributed by atoms with van der Waals surface area (Å²) in [7, 11) is 1.58. The normalized spacial score (nSPS) is 14.8. The quantitative estimate of drug-likeness (QED) is 0.746. The molecule has 1 aromatic heterocycles. The lowest BCUT2D eigenvalue weighted by molar-refractivity contribution is 0.0477. The summed E-state index contributed by atoms with van der Waals surface area (Å²) in [6.45, 7) is 5.01. The Labute approximate surface area is 101 Å². The molecule has 0 saturated heterocycles. The van der Waals surface area contributed by atoms with Crippen LogP contribution in [0.2, 0.25) is 0 Å². The number of nitrogens with zero attached hydrogens (tertiary/aromatic N) is 2. The third-order valence-electron chi connectivity index (χ3n) is 2.33. The van der Waals surface area contributed by atoms with Gasteiger partial charge in [-0.2, -0.15) is 4.98 Å². The number of ether oxygens (including phenoxy) is 2. The molecule has 1 aromatic rings. The molecule has 0 fully saturated rings. The number of aromatic nitrogens is 2. The first-order chi connectivity index (χ1) is 8.22. The van der Waals surface area contributed by atoms with Gasteiger partial charge >= 0.3 is 0 Å². The fourth-order valence-electron chi connectivity index (χ4n) is 1.53. The summed E-state index contributed by atoms with van der Waals surface area (Å²) in [6, 6.07) is -0.384. The summed E-state index contributed by atoms with van der Waals surface area (Å²) in [5, 5.41) is 3.91. The number of nitrogens with two attached hydrogens (primary N) is 1. The van der Waals surface area contributed by atoms with Crippen molar-refractivity contribution in [3.05, 3.63) is 11.7 Å². The van der Waals surface area contributed by atoms with E-state index in [1.165, 1.54) is 0 Å². The molecule has 6 heteroatoms. The number of methoxy groups -OCH3 is 1. The van der Waals surface area contributed by atoms with Gasteiger partial charge in [-0.15, -0.1) is 0 Å². The highest BCUT2D eigenvalue weighted by molar-refractivity contribution is 4.95. The molecule has 0 aliphatic rings. The van der Waals surface area contributed by atoms with E-state index in [2.05, 4.69) is 17.1 Å². The van der Waals surface area contributed by atoms with Gasteiger partial charge in [0.05, 0.1) is 6.61 Å². The second-order valence-corrected chi connectivity index (χ2v) is 3.79. The molecule has 6 nitrogen and oxygen atoms in total. The topological polar surface area (TPSA) is 83.4 Å². The van der Waals surface area contributed by atoms with Gasteiger partial charge in [0.15, 0.2) is 0 Å². The molecular weight excluding hydrogens is 222 g/mol. The maximum Gasteiger partial charge on any atom is 0.246 e. The summed E-state index contributed by atoms with van der Waals surface area (Å²) in [6.07, 6.45) is 1.75. The molecule has 0 spiro atoms. The van der Waals surface area contributed by atoms with E-state index in [1.807, 2.05) is 6.92 Å². The van der Waals surface area contributed by atoms with Crippen molar-refractivity contribution in [2.45, 2.75) is 38.8 Å². The van der Waals surface area contributed by atoms with E-state index in [4.69, 9.17) is 19.7 Å². The van der Waals surface area contributed by atoms with Gasteiger partial charge in [0.2, 0.25) is 11.7 Å². The minimum absolute atomic E-state index is 0.114. The largest absolute Gasteiger partial charge is 0.383 e. The van der Waals surface area contributed by atoms with Gasteiger partial charge in [0.25, 0.3) is 0 Å². The Morgan fingerprint density at radius 1 is 1.41 bits per heavy atom. The van der Waals surface area contributed by atoms with Crippen molar-refractivity contribution in [3.63, 3.8) is 0 Å². The van der Waals surface area contributed by atoms with Crippen LogP contribution in [0.15, 0.2) is 4.52 Å². The molecule has 0 aliphatic heterocycles. The Kier molecular flexibility index (Phi) is 6.10. The highest BCUT2D eigenvalue weighted by atomic mass is 16.5. The first kappa shape index (κ1) is 14.1. The lowest BCUT2D eigenvalue weighted by atomic mass is 10.2. The van der Waals surface area contributed by atoms with Crippen molar-refractivity contribution in [3.8, 4) is 0 Å². The molecule has 0 radical (unpaired) electrons. The molecule has 0 aliphatic carbocycles. The average molecular weight is 243 g/mol. The van der Waals surface area contributed by atoms with Crippen LogP contribution in [0.3, 0.4) is 0 Å². The highest BCUT2D eigenvalue weighted by Gasteiger charge is 2.20. The van der Waals surface area contributed by atoms with E-state index in [0.717, 1.165) is 12.8 Å². The second kappa shape index (κ2) is 7.37. The van der Waals surface area contributed by atoms with E-state index < -0.39 is 0 Å². The molecule has 98 valence electrons. The summed E-state index contributed by atoms with van der Waals surface area (Å²) >= 11 is 0. The van der Waals surface area contributed by atoms with Crippen molar-refractivity contribution in [1.82, 2.24) is 10.1 Å². The lowest BCUT2D eigenvalue weighted by Gasteiger charge is -2.11. The predicted octanol–water partition coefficient (Wildman–Crippen LogP) is 1.59. The number of hydrogen-bond acceptors (Lipinski definition) is 6. The van der Waals surface area contributed by atoms with E-state index in [1.54, 1.807) is 7.11 Å². The zero-order valence-corrected chi connectivity index (χ0v) is 10.7. The van der Waals surface area contributed by atoms with Gasteiger partial charge in [-0.1, -0.05) is 18.5 Å². The molecular formula is C11H21N3O3. The van der Waals surface area contributed by atoms with Crippen LogP contribution in [0.25, 0.3) is 0 Å². The Morgan fingerprint density at radius 3 is 2.76 bits per heavy atom. The van der Waals surface area contributed by atoms with Crippen molar-refractivity contribution in [2.24, 2.45) is 5.73 Å². The average Bonchev–Trinajstić information content (AvgIpc) is 2.78. The summed E-state index contributed by atoms with van der Waals surface area (Å²) in [4.78, 5) is 4.26. The van der Waals surface area contributed by atoms with Gasteiger partial charge in [0, 0.05) is 13.7 Å². The first-order valence-corrected chi connectivity index (χ1v) is 5.92. The van der Waals surface area contributed by atoms with Gasteiger partial charge in [0.1, 0.15) is 12.1 Å². The smallest absolute Gasteiger partial charge is 0.246 e. The molecule has 1 rings (SSSR count). The molecule has 2 unspecified atom stereocenters. The van der Waals surface area contributed by atoms with E-state index in [9.17, 15) is 0 Å². The van der Waals surface area contributed by atoms with Gasteiger partial charge < -0.3 is 19.7 Å². The maximum absolute atomic E-state index is 5.80. The van der Waals surface area contributed by atoms with Crippen molar-refractivity contribution in [2.75, 3.05) is 20.3 Å². The molecule has 17 heavy (non-hydrogen) atoms. The van der Waals surface area contributed by atoms with Crippen molar-refractivity contribution < 1.29 is 14.0 Å². The van der Waals surface area contributed by atoms with Crippen LogP contribution in [0.1, 0.15) is 50.6 Å². The second-order valence-electron chi connectivity index (χ2n) is 3.79. The third-order valence-corrected chi connectivity index (χ3v) is 2.33. The van der Waals surface area contributed by atoms with Crippen LogP contribution in [0.5, 0.6) is 0 Å². The fraction of sp³-hybridized carbons (Fsp3) is 0.818. The standard InChI is InChI=1S/C11H21N3O3/c1-4-6-9(16-5-2)10-13-11(17-14-10)8(12)7-15-3/h8-9H,4-7,12H2,1-3H3. The third kappa shape index (κ3) is 4.07. The summed E-state index contributed by atoms with van der Waals surface area (Å²) < 4.78 is 15.6. The minimum atomic E-state index is -0.384. The molecule has 0 bridgehead atoms. The molecule has 2 N–H and O–H groups in total. The van der Waals surface area contributed by atoms with Crippen LogP contribution in [0.4, 0.5) is 0 Å². The van der Waals surface area contributed by atoms with Crippen LogP contribution in [0, 0.1) is 0 Å². The Bertz CT molecular complexity index is 311. The van der Waals surface area contributed by atoms with Crippen LogP contribution < -0.4 is 5.73 Å². The van der Waals surface area contributed by atoms with Crippen LogP contribution >= 0.6 is 0 Å². The zero-order chi connectivity index (χ0) is 12.7. The first-order valence-electron chi connectivity index (χ1n) is 5.92. The minimum Gasteiger partial charge on any atom is -0.383 e. The van der Waals surface area contributed by atoms with Gasteiger partial charge in [-0.25, -0.2) is 0 Å². The van der Waals surface area contributed by atoms with E-state index in [-0.39, 0.29) is 12.1 Å². The molecule has 1 heterocycles. The van der Waals surface area contributed by atoms with Crippen molar-refractivity contribution >= 4 is 0 Å². The van der Waals surface area contributed by atoms with E-state index in [0.29, 0.717) is 24.9 Å². The maximum atomic E-state index is 5.80. The number of hydrogen-bond donors (Lipinski definition) is 1. The SMILES string of the molecule is CCCC(OCC)c1noc(C(N)COC)n1. The van der Waals surface area contributed by atoms with Gasteiger partial charge in [-0.3, -0.25) is 0 Å². The molecule has 2 atom stereocenters. The molecule has 0 aromatic carbocycles. The summed E-state index contributed by atoms with van der Waals surface area (Å²) in [5.74, 6) is 0.956. The fourth-order valence-corrected chi connectivity index (χ4v) is 1.53. The molecule has 0 saturated carbocycles. The van der Waals surface area contributed by atoms with Crippen LogP contribution in [-0.4, -0.2) is 30.5 Å². The zero-order valence-electron chi connectivity index (χ0n) is 10.7. The van der Waals surface area contributed by atoms with E-state index >= 15 is 0 Å². The van der Waals surface area contributed by atoms with Crippen LogP contribution in [-0.2, 0) is 9.47 Å². The highest BCUT2D eigenvalue weighted by Crippen LogP contribution is 2.21. The van der Waals surface area contributed by atoms with Gasteiger partial charge in [-0.05, 0) is 13.3 Å². The molecule has 0 amide bonds. The number of rotatable bonds is 8. The predicted molar refractivity (Wildman–Crippen MR) is 62.4 cm³/mol. The monoisotopic (exact) mass is 243 g/mol. The van der Waals surface area contributed by atoms with Crippen molar-refractivity contribution in [1.29, 1.82) is 0 Å². The summed E-state index contributed by atoms with van der Waals surface area (Å²) in [5.41, 5.74) is 5.80. The Balaban J connectivity index is 2.69. The Hall–Kier alpha value is -0.980. The lowest BCUT2D eigenvalue weighted by Crippen LogP contribution is -2.16.